The maximum Gasteiger partial charge on any atom is 0.338 e. The molecule has 0 fully saturated rings. The first-order chi connectivity index (χ1) is 8.00. The van der Waals surface area contributed by atoms with Crippen LogP contribution in [0.2, 0.25) is 0 Å². The molecule has 1 N–H and O–H groups in total. The summed E-state index contributed by atoms with van der Waals surface area (Å²) in [5, 5.41) is 0. The lowest BCUT2D eigenvalue weighted by atomic mass is 10.2. The number of hydrogen-bond acceptors (Lipinski definition) is 2. The number of halogens is 1. The summed E-state index contributed by atoms with van der Waals surface area (Å²) in [5.41, 5.74) is 0.257. The summed E-state index contributed by atoms with van der Waals surface area (Å²) in [7, 11) is 2.04. The fourth-order valence-electron chi connectivity index (χ4n) is 1.29. The predicted molar refractivity (Wildman–Crippen MR) is 63.6 cm³/mol. The third-order valence-corrected chi connectivity index (χ3v) is 2.78. The quantitative estimate of drug-likeness (QED) is 0.775. The van der Waals surface area contributed by atoms with E-state index in [0.29, 0.717) is 12.6 Å². The molecule has 1 rings (SSSR count). The van der Waals surface area contributed by atoms with E-state index < -0.39 is 11.8 Å². The van der Waals surface area contributed by atoms with Gasteiger partial charge in [-0.05, 0) is 32.0 Å². The molecule has 0 aliphatic rings. The van der Waals surface area contributed by atoms with Gasteiger partial charge in [-0.2, -0.15) is 0 Å². The summed E-state index contributed by atoms with van der Waals surface area (Å²) in [5.74, 6) is -0.898. The minimum atomic E-state index is -0.471. The normalized spacial score (nSPS) is 12.5. The number of ether oxygens (including phenoxy) is 1. The highest BCUT2D eigenvalue weighted by atomic mass is 19.1. The Morgan fingerprint density at radius 3 is 2.76 bits per heavy atom. The lowest BCUT2D eigenvalue weighted by Crippen LogP contribution is -3.12. The van der Waals surface area contributed by atoms with Crippen LogP contribution in [0.5, 0.6) is 0 Å². The molecule has 1 aromatic rings. The molecule has 1 atom stereocenters. The zero-order chi connectivity index (χ0) is 12.8. The number of benzene rings is 1. The summed E-state index contributed by atoms with van der Waals surface area (Å²) >= 11 is 0. The topological polar surface area (TPSA) is 30.7 Å². The van der Waals surface area contributed by atoms with Crippen molar-refractivity contribution in [3.8, 4) is 0 Å². The largest absolute Gasteiger partial charge is 0.456 e. The lowest BCUT2D eigenvalue weighted by molar-refractivity contribution is -0.901. The number of quaternary nitrogens is 1. The molecule has 0 saturated carbocycles. The molecule has 0 amide bonds. The van der Waals surface area contributed by atoms with Gasteiger partial charge in [-0.3, -0.25) is 0 Å². The first-order valence-electron chi connectivity index (χ1n) is 5.75. The predicted octanol–water partition coefficient (Wildman–Crippen LogP) is 0.906. The van der Waals surface area contributed by atoms with E-state index in [0.717, 1.165) is 6.54 Å². The molecule has 0 aliphatic heterocycles. The van der Waals surface area contributed by atoms with Crippen LogP contribution in [0.1, 0.15) is 24.2 Å². The van der Waals surface area contributed by atoms with Gasteiger partial charge in [-0.15, -0.1) is 0 Å². The maximum atomic E-state index is 12.9. The van der Waals surface area contributed by atoms with Gasteiger partial charge in [0.15, 0.2) is 0 Å². The second-order valence-corrected chi connectivity index (χ2v) is 4.40. The second kappa shape index (κ2) is 6.35. The molecule has 1 aromatic carbocycles. The van der Waals surface area contributed by atoms with Gasteiger partial charge in [-0.25, -0.2) is 9.18 Å². The van der Waals surface area contributed by atoms with Gasteiger partial charge >= 0.3 is 5.97 Å². The third kappa shape index (κ3) is 4.53. The Bertz CT molecular complexity index is 379. The Balaban J connectivity index is 2.40. The van der Waals surface area contributed by atoms with Crippen molar-refractivity contribution in [1.29, 1.82) is 0 Å². The molecule has 0 aromatic heterocycles. The van der Waals surface area contributed by atoms with Crippen molar-refractivity contribution in [2.75, 3.05) is 20.2 Å². The Kier molecular flexibility index (Phi) is 5.10. The second-order valence-electron chi connectivity index (χ2n) is 4.40. The van der Waals surface area contributed by atoms with Gasteiger partial charge in [0, 0.05) is 0 Å². The van der Waals surface area contributed by atoms with Crippen molar-refractivity contribution < 1.29 is 18.8 Å². The van der Waals surface area contributed by atoms with Gasteiger partial charge in [0.25, 0.3) is 0 Å². The van der Waals surface area contributed by atoms with E-state index in [4.69, 9.17) is 4.74 Å². The van der Waals surface area contributed by atoms with E-state index in [1.54, 1.807) is 6.07 Å². The zero-order valence-corrected chi connectivity index (χ0v) is 10.5. The summed E-state index contributed by atoms with van der Waals surface area (Å²) in [6, 6.07) is 6.01. The van der Waals surface area contributed by atoms with Crippen LogP contribution < -0.4 is 4.90 Å². The molecule has 3 nitrogen and oxygen atoms in total. The van der Waals surface area contributed by atoms with Crippen molar-refractivity contribution in [3.05, 3.63) is 35.6 Å². The average Bonchev–Trinajstić information content (AvgIpc) is 2.28. The molecule has 0 heterocycles. The SMILES string of the molecule is CC(C)[NH+](C)CCOC(=O)c1cccc(F)c1. The van der Waals surface area contributed by atoms with Crippen LogP contribution in [0.25, 0.3) is 0 Å². The van der Waals surface area contributed by atoms with Crippen LogP contribution in [0.3, 0.4) is 0 Å². The van der Waals surface area contributed by atoms with Crippen LogP contribution in [-0.4, -0.2) is 32.2 Å². The molecule has 4 heteroatoms. The van der Waals surface area contributed by atoms with E-state index in [2.05, 4.69) is 13.8 Å². The summed E-state index contributed by atoms with van der Waals surface area (Å²) in [6.07, 6.45) is 0. The molecule has 0 spiro atoms. The number of likely N-dealkylation sites (N-methyl/N-ethyl adjacent to an activating group) is 1. The van der Waals surface area contributed by atoms with Crippen LogP contribution in [0.15, 0.2) is 24.3 Å². The van der Waals surface area contributed by atoms with Gasteiger partial charge in [0.1, 0.15) is 19.0 Å². The van der Waals surface area contributed by atoms with Gasteiger partial charge < -0.3 is 9.64 Å². The average molecular weight is 240 g/mol. The van der Waals surface area contributed by atoms with Crippen LogP contribution >= 0.6 is 0 Å². The monoisotopic (exact) mass is 240 g/mol. The Morgan fingerprint density at radius 2 is 2.18 bits per heavy atom. The van der Waals surface area contributed by atoms with Gasteiger partial charge in [0.2, 0.25) is 0 Å². The van der Waals surface area contributed by atoms with Crippen molar-refractivity contribution >= 4 is 5.97 Å². The van der Waals surface area contributed by atoms with E-state index in [1.807, 2.05) is 7.05 Å². The lowest BCUT2D eigenvalue weighted by Gasteiger charge is -2.17. The van der Waals surface area contributed by atoms with Gasteiger partial charge in [-0.1, -0.05) is 6.07 Å². The molecule has 0 saturated heterocycles. The number of rotatable bonds is 5. The Hall–Kier alpha value is -1.42. The zero-order valence-electron chi connectivity index (χ0n) is 10.5. The van der Waals surface area contributed by atoms with Crippen LogP contribution in [-0.2, 0) is 4.74 Å². The van der Waals surface area contributed by atoms with E-state index in [1.165, 1.54) is 23.1 Å². The van der Waals surface area contributed by atoms with Crippen molar-refractivity contribution in [2.24, 2.45) is 0 Å². The Labute approximate surface area is 101 Å². The highest BCUT2D eigenvalue weighted by Gasteiger charge is 2.10. The molecule has 17 heavy (non-hydrogen) atoms. The standard InChI is InChI=1S/C13H18FNO2/c1-10(2)15(3)7-8-17-13(16)11-5-4-6-12(14)9-11/h4-6,9-10H,7-8H2,1-3H3/p+1. The minimum Gasteiger partial charge on any atom is -0.456 e. The number of esters is 1. The number of nitrogens with one attached hydrogen (secondary N) is 1. The number of hydrogen-bond donors (Lipinski definition) is 1. The molecule has 0 radical (unpaired) electrons. The van der Waals surface area contributed by atoms with E-state index in [9.17, 15) is 9.18 Å². The first kappa shape index (κ1) is 13.6. The molecular weight excluding hydrogens is 221 g/mol. The summed E-state index contributed by atoms with van der Waals surface area (Å²) in [6.45, 7) is 5.30. The third-order valence-electron chi connectivity index (χ3n) is 2.78. The smallest absolute Gasteiger partial charge is 0.338 e. The van der Waals surface area contributed by atoms with Crippen molar-refractivity contribution in [2.45, 2.75) is 19.9 Å². The molecular formula is C13H19FNO2+. The van der Waals surface area contributed by atoms with Crippen LogP contribution in [0, 0.1) is 5.82 Å². The first-order valence-corrected chi connectivity index (χ1v) is 5.75. The number of carbonyl (C=O) groups is 1. The van der Waals surface area contributed by atoms with E-state index >= 15 is 0 Å². The van der Waals surface area contributed by atoms with Crippen LogP contribution in [0.4, 0.5) is 4.39 Å². The van der Waals surface area contributed by atoms with E-state index in [-0.39, 0.29) is 5.56 Å². The highest BCUT2D eigenvalue weighted by Crippen LogP contribution is 2.04. The maximum absolute atomic E-state index is 12.9. The highest BCUT2D eigenvalue weighted by molar-refractivity contribution is 5.89. The molecule has 0 bridgehead atoms. The van der Waals surface area contributed by atoms with Crippen molar-refractivity contribution in [1.82, 2.24) is 0 Å². The summed E-state index contributed by atoms with van der Waals surface area (Å²) in [4.78, 5) is 12.8. The Morgan fingerprint density at radius 1 is 1.47 bits per heavy atom. The molecule has 1 unspecified atom stereocenters. The minimum absolute atomic E-state index is 0.257. The molecule has 0 aliphatic carbocycles. The van der Waals surface area contributed by atoms with Crippen molar-refractivity contribution in [3.63, 3.8) is 0 Å². The fraction of sp³-hybridized carbons (Fsp3) is 0.462. The van der Waals surface area contributed by atoms with Gasteiger partial charge in [0.05, 0.1) is 18.7 Å². The number of carbonyl (C=O) groups excluding carboxylic acids is 1. The fourth-order valence-corrected chi connectivity index (χ4v) is 1.29. The molecule has 94 valence electrons. The summed E-state index contributed by atoms with van der Waals surface area (Å²) < 4.78 is 17.9.